The highest BCUT2D eigenvalue weighted by molar-refractivity contribution is 5.59. The Labute approximate surface area is 91.1 Å². The summed E-state index contributed by atoms with van der Waals surface area (Å²) < 4.78 is 8.83. The smallest absolute Gasteiger partial charge is 0.154 e. The van der Waals surface area contributed by atoms with Gasteiger partial charge in [-0.25, -0.2) is 4.52 Å². The van der Waals surface area contributed by atoms with Gasteiger partial charge in [0.05, 0.1) is 12.3 Å². The average molecular weight is 212 g/mol. The van der Waals surface area contributed by atoms with E-state index in [1.54, 1.807) is 10.8 Å². The van der Waals surface area contributed by atoms with E-state index in [-0.39, 0.29) is 0 Å². The number of rotatable bonds is 2. The Morgan fingerprint density at radius 3 is 3.12 bits per heavy atom. The van der Waals surface area contributed by atoms with Gasteiger partial charge in [0.2, 0.25) is 0 Å². The Morgan fingerprint density at radius 2 is 2.38 bits per heavy atom. The van der Waals surface area contributed by atoms with E-state index in [9.17, 15) is 0 Å². The van der Waals surface area contributed by atoms with Gasteiger partial charge in [-0.05, 0) is 12.1 Å². The number of furan rings is 1. The Hall–Kier alpha value is -2.48. The number of hydrogen-bond acceptors (Lipinski definition) is 3. The van der Waals surface area contributed by atoms with Gasteiger partial charge in [0.1, 0.15) is 17.9 Å². The highest BCUT2D eigenvalue weighted by Gasteiger charge is 2.09. The Bertz CT molecular complexity index is 654. The molecule has 3 heterocycles. The predicted molar refractivity (Wildman–Crippen MR) is 56.5 cm³/mol. The number of nitriles is 1. The first-order valence-corrected chi connectivity index (χ1v) is 4.84. The third-order valence-electron chi connectivity index (χ3n) is 2.41. The van der Waals surface area contributed by atoms with Crippen LogP contribution in [0.4, 0.5) is 0 Å². The molecule has 5 heteroatoms. The van der Waals surface area contributed by atoms with Crippen molar-refractivity contribution in [3.05, 3.63) is 36.9 Å². The molecule has 0 N–H and O–H groups in total. The Kier molecular flexibility index (Phi) is 1.80. The van der Waals surface area contributed by atoms with Crippen molar-refractivity contribution in [1.29, 1.82) is 5.26 Å². The minimum absolute atomic E-state index is 0.319. The fraction of sp³-hybridized carbons (Fsp3) is 0.0909. The molecule has 0 aromatic carbocycles. The number of aromatic nitrogens is 3. The summed E-state index contributed by atoms with van der Waals surface area (Å²) in [7, 11) is 0. The monoisotopic (exact) mass is 212 g/mol. The van der Waals surface area contributed by atoms with E-state index in [0.717, 1.165) is 17.1 Å². The van der Waals surface area contributed by atoms with Crippen LogP contribution >= 0.6 is 0 Å². The second-order valence-corrected chi connectivity index (χ2v) is 3.39. The van der Waals surface area contributed by atoms with E-state index < -0.39 is 0 Å². The summed E-state index contributed by atoms with van der Waals surface area (Å²) in [5.41, 5.74) is 1.65. The van der Waals surface area contributed by atoms with Gasteiger partial charge in [0.25, 0.3) is 0 Å². The zero-order chi connectivity index (χ0) is 11.0. The maximum absolute atomic E-state index is 8.67. The summed E-state index contributed by atoms with van der Waals surface area (Å²) in [6.45, 7) is 0.319. The lowest BCUT2D eigenvalue weighted by atomic mass is 10.3. The highest BCUT2D eigenvalue weighted by atomic mass is 16.3. The van der Waals surface area contributed by atoms with Crippen molar-refractivity contribution in [2.24, 2.45) is 0 Å². The standard InChI is InChI=1S/C11H8N4O/c12-3-4-14-5-6-15-11(14)8-9(13-15)10-2-1-7-16-10/h1-2,5-8H,4H2. The maximum atomic E-state index is 8.67. The van der Waals surface area contributed by atoms with Gasteiger partial charge in [-0.1, -0.05) is 0 Å². The van der Waals surface area contributed by atoms with E-state index in [0.29, 0.717) is 6.54 Å². The zero-order valence-electron chi connectivity index (χ0n) is 8.37. The van der Waals surface area contributed by atoms with Crippen LogP contribution in [-0.2, 0) is 6.54 Å². The number of fused-ring (bicyclic) bond motifs is 1. The maximum Gasteiger partial charge on any atom is 0.154 e. The summed E-state index contributed by atoms with van der Waals surface area (Å²) in [6, 6.07) is 7.68. The molecule has 0 saturated heterocycles. The molecule has 0 fully saturated rings. The topological polar surface area (TPSA) is 59.2 Å². The van der Waals surface area contributed by atoms with Crippen LogP contribution < -0.4 is 0 Å². The SMILES string of the molecule is N#CCn1ccn2nc(-c3ccco3)cc12. The van der Waals surface area contributed by atoms with Crippen molar-refractivity contribution >= 4 is 5.65 Å². The molecule has 0 aliphatic heterocycles. The van der Waals surface area contributed by atoms with Crippen LogP contribution in [0.15, 0.2) is 41.3 Å². The zero-order valence-corrected chi connectivity index (χ0v) is 8.37. The van der Waals surface area contributed by atoms with Crippen LogP contribution in [-0.4, -0.2) is 14.2 Å². The van der Waals surface area contributed by atoms with E-state index in [1.165, 1.54) is 0 Å². The van der Waals surface area contributed by atoms with Crippen molar-refractivity contribution in [3.63, 3.8) is 0 Å². The van der Waals surface area contributed by atoms with Crippen LogP contribution in [0.1, 0.15) is 0 Å². The Balaban J connectivity index is 2.14. The van der Waals surface area contributed by atoms with Gasteiger partial charge in [0.15, 0.2) is 5.76 Å². The van der Waals surface area contributed by atoms with Gasteiger partial charge in [0, 0.05) is 18.5 Å². The quantitative estimate of drug-likeness (QED) is 0.652. The van der Waals surface area contributed by atoms with Crippen LogP contribution in [0.25, 0.3) is 17.1 Å². The molecule has 0 atom stereocenters. The third-order valence-corrected chi connectivity index (χ3v) is 2.41. The van der Waals surface area contributed by atoms with Crippen LogP contribution in [0, 0.1) is 11.3 Å². The fourth-order valence-corrected chi connectivity index (χ4v) is 1.68. The second-order valence-electron chi connectivity index (χ2n) is 3.39. The first-order valence-electron chi connectivity index (χ1n) is 4.84. The van der Waals surface area contributed by atoms with Gasteiger partial charge in [-0.15, -0.1) is 0 Å². The number of nitrogens with zero attached hydrogens (tertiary/aromatic N) is 4. The molecule has 0 aliphatic rings. The molecule has 0 amide bonds. The molecule has 78 valence electrons. The third kappa shape index (κ3) is 1.21. The second kappa shape index (κ2) is 3.28. The van der Waals surface area contributed by atoms with Crippen LogP contribution in [0.5, 0.6) is 0 Å². The summed E-state index contributed by atoms with van der Waals surface area (Å²) in [6.07, 6.45) is 5.26. The van der Waals surface area contributed by atoms with Gasteiger partial charge < -0.3 is 8.98 Å². The molecule has 0 spiro atoms. The molecule has 16 heavy (non-hydrogen) atoms. The van der Waals surface area contributed by atoms with Crippen molar-refractivity contribution in [3.8, 4) is 17.5 Å². The number of imidazole rings is 1. The van der Waals surface area contributed by atoms with E-state index in [4.69, 9.17) is 9.68 Å². The molecule has 3 aromatic heterocycles. The average Bonchev–Trinajstić information content (AvgIpc) is 2.93. The predicted octanol–water partition coefficient (Wildman–Crippen LogP) is 1.92. The molecule has 0 saturated carbocycles. The molecule has 3 aromatic rings. The summed E-state index contributed by atoms with van der Waals surface area (Å²) in [4.78, 5) is 0. The largest absolute Gasteiger partial charge is 0.463 e. The summed E-state index contributed by atoms with van der Waals surface area (Å²) in [5.74, 6) is 0.729. The number of hydrogen-bond donors (Lipinski definition) is 0. The van der Waals surface area contributed by atoms with Crippen molar-refractivity contribution < 1.29 is 4.42 Å². The van der Waals surface area contributed by atoms with Gasteiger partial charge in [-0.3, -0.25) is 0 Å². The molecule has 0 unspecified atom stereocenters. The molecule has 0 radical (unpaired) electrons. The van der Waals surface area contributed by atoms with Crippen LogP contribution in [0.2, 0.25) is 0 Å². The molecular formula is C11H8N4O. The van der Waals surface area contributed by atoms with Crippen molar-refractivity contribution in [2.75, 3.05) is 0 Å². The first-order chi connectivity index (χ1) is 7.88. The van der Waals surface area contributed by atoms with E-state index in [1.807, 2.05) is 35.2 Å². The van der Waals surface area contributed by atoms with Crippen molar-refractivity contribution in [1.82, 2.24) is 14.2 Å². The normalized spacial score (nSPS) is 10.7. The molecule has 3 rings (SSSR count). The highest BCUT2D eigenvalue weighted by Crippen LogP contribution is 2.20. The van der Waals surface area contributed by atoms with Gasteiger partial charge >= 0.3 is 0 Å². The molecule has 5 nitrogen and oxygen atoms in total. The summed E-state index contributed by atoms with van der Waals surface area (Å²) in [5, 5.41) is 13.0. The van der Waals surface area contributed by atoms with Gasteiger partial charge in [-0.2, -0.15) is 10.4 Å². The lowest BCUT2D eigenvalue weighted by molar-refractivity contribution is 0.579. The van der Waals surface area contributed by atoms with Crippen molar-refractivity contribution in [2.45, 2.75) is 6.54 Å². The Morgan fingerprint density at radius 1 is 1.44 bits per heavy atom. The minimum atomic E-state index is 0.319. The molecule has 0 bridgehead atoms. The summed E-state index contributed by atoms with van der Waals surface area (Å²) >= 11 is 0. The fourth-order valence-electron chi connectivity index (χ4n) is 1.68. The first kappa shape index (κ1) is 8.80. The van der Waals surface area contributed by atoms with Crippen LogP contribution in [0.3, 0.4) is 0 Å². The molecular weight excluding hydrogens is 204 g/mol. The lowest BCUT2D eigenvalue weighted by Gasteiger charge is -1.91. The van der Waals surface area contributed by atoms with E-state index >= 15 is 0 Å². The minimum Gasteiger partial charge on any atom is -0.463 e. The van der Waals surface area contributed by atoms with E-state index in [2.05, 4.69) is 11.2 Å². The lowest BCUT2D eigenvalue weighted by Crippen LogP contribution is -1.92. The molecule has 0 aliphatic carbocycles.